The summed E-state index contributed by atoms with van der Waals surface area (Å²) in [6.07, 6.45) is 0.681. The van der Waals surface area contributed by atoms with Gasteiger partial charge < -0.3 is 0 Å². The van der Waals surface area contributed by atoms with Crippen molar-refractivity contribution >= 4 is 28.8 Å². The van der Waals surface area contributed by atoms with E-state index in [1.54, 1.807) is 6.92 Å². The van der Waals surface area contributed by atoms with Gasteiger partial charge in [-0.1, -0.05) is 23.7 Å². The van der Waals surface area contributed by atoms with Crippen LogP contribution in [-0.2, 0) is 6.42 Å². The topological polar surface area (TPSA) is 68.0 Å². The molecule has 1 aromatic carbocycles. The molecule has 2 rings (SSSR count). The normalized spacial score (nSPS) is 10.4. The van der Waals surface area contributed by atoms with Gasteiger partial charge in [-0.2, -0.15) is 0 Å². The minimum absolute atomic E-state index is 0.299. The number of rotatable bonds is 3. The molecule has 0 aliphatic rings. The lowest BCUT2D eigenvalue weighted by atomic mass is 10.2. The Labute approximate surface area is 114 Å². The van der Waals surface area contributed by atoms with E-state index in [1.165, 1.54) is 11.3 Å². The van der Waals surface area contributed by atoms with Crippen molar-refractivity contribution in [1.29, 1.82) is 0 Å². The third-order valence-corrected chi connectivity index (χ3v) is 3.85. The van der Waals surface area contributed by atoms with Crippen LogP contribution in [0.4, 0.5) is 0 Å². The lowest BCUT2D eigenvalue weighted by molar-refractivity contribution is 0.0957. The van der Waals surface area contributed by atoms with Crippen molar-refractivity contribution in [3.63, 3.8) is 0 Å². The zero-order valence-corrected chi connectivity index (χ0v) is 11.3. The van der Waals surface area contributed by atoms with E-state index >= 15 is 0 Å². The van der Waals surface area contributed by atoms with Crippen LogP contribution in [0.2, 0.25) is 5.02 Å². The molecule has 18 heavy (non-hydrogen) atoms. The molecule has 3 N–H and O–H groups in total. The Morgan fingerprint density at radius 1 is 1.44 bits per heavy atom. The number of aryl methyl sites for hydroxylation is 1. The summed E-state index contributed by atoms with van der Waals surface area (Å²) in [7, 11) is 0. The van der Waals surface area contributed by atoms with Crippen molar-refractivity contribution in [2.24, 2.45) is 5.84 Å². The molecule has 2 aromatic rings. The minimum atomic E-state index is -0.299. The van der Waals surface area contributed by atoms with Crippen LogP contribution >= 0.6 is 22.9 Å². The predicted molar refractivity (Wildman–Crippen MR) is 72.8 cm³/mol. The summed E-state index contributed by atoms with van der Waals surface area (Å²) in [6.45, 7) is 1.80. The molecule has 1 aromatic heterocycles. The number of nitrogen functional groups attached to an aromatic ring is 1. The van der Waals surface area contributed by atoms with Crippen LogP contribution in [0, 0.1) is 6.92 Å². The number of carbonyl (C=O) groups is 1. The SMILES string of the molecule is Cc1nc(Cc2ccc(Cl)cc2)sc1C(=O)NN. The average molecular weight is 282 g/mol. The van der Waals surface area contributed by atoms with Gasteiger partial charge in [-0.25, -0.2) is 10.8 Å². The first-order valence-corrected chi connectivity index (χ1v) is 6.51. The molecule has 1 amide bonds. The highest BCUT2D eigenvalue weighted by molar-refractivity contribution is 7.13. The first-order valence-electron chi connectivity index (χ1n) is 5.32. The molecule has 1 heterocycles. The Morgan fingerprint density at radius 2 is 2.11 bits per heavy atom. The Morgan fingerprint density at radius 3 is 2.72 bits per heavy atom. The van der Waals surface area contributed by atoms with Gasteiger partial charge in [0.2, 0.25) is 0 Å². The second kappa shape index (κ2) is 5.48. The molecule has 0 unspecified atom stereocenters. The zero-order valence-electron chi connectivity index (χ0n) is 9.74. The van der Waals surface area contributed by atoms with Crippen LogP contribution in [0.5, 0.6) is 0 Å². The fraction of sp³-hybridized carbons (Fsp3) is 0.167. The zero-order chi connectivity index (χ0) is 13.1. The van der Waals surface area contributed by atoms with E-state index in [1.807, 2.05) is 24.3 Å². The number of hydrogen-bond donors (Lipinski definition) is 2. The molecule has 0 saturated carbocycles. The molecule has 0 spiro atoms. The Hall–Kier alpha value is -1.43. The van der Waals surface area contributed by atoms with Crippen LogP contribution in [-0.4, -0.2) is 10.9 Å². The summed E-state index contributed by atoms with van der Waals surface area (Å²) in [5, 5.41) is 1.59. The van der Waals surface area contributed by atoms with Gasteiger partial charge in [0.25, 0.3) is 5.91 Å². The Balaban J connectivity index is 2.20. The maximum absolute atomic E-state index is 11.5. The lowest BCUT2D eigenvalue weighted by Crippen LogP contribution is -2.29. The van der Waals surface area contributed by atoms with Gasteiger partial charge in [-0.05, 0) is 24.6 Å². The van der Waals surface area contributed by atoms with E-state index in [2.05, 4.69) is 10.4 Å². The van der Waals surface area contributed by atoms with Crippen molar-refractivity contribution in [2.45, 2.75) is 13.3 Å². The number of nitrogens with zero attached hydrogens (tertiary/aromatic N) is 1. The molecule has 0 atom stereocenters. The molecule has 0 fully saturated rings. The highest BCUT2D eigenvalue weighted by atomic mass is 35.5. The number of nitrogens with one attached hydrogen (secondary N) is 1. The van der Waals surface area contributed by atoms with E-state index < -0.39 is 0 Å². The number of hydrazine groups is 1. The third kappa shape index (κ3) is 2.87. The molecular weight excluding hydrogens is 270 g/mol. The van der Waals surface area contributed by atoms with Gasteiger partial charge in [-0.15, -0.1) is 11.3 Å². The summed E-state index contributed by atoms with van der Waals surface area (Å²) in [4.78, 5) is 16.4. The van der Waals surface area contributed by atoms with Crippen molar-refractivity contribution in [3.8, 4) is 0 Å². The van der Waals surface area contributed by atoms with Crippen LogP contribution < -0.4 is 11.3 Å². The number of thiazole rings is 1. The highest BCUT2D eigenvalue weighted by Gasteiger charge is 2.14. The number of nitrogens with two attached hydrogens (primary N) is 1. The molecule has 0 radical (unpaired) electrons. The van der Waals surface area contributed by atoms with Crippen LogP contribution in [0.3, 0.4) is 0 Å². The van der Waals surface area contributed by atoms with Gasteiger partial charge in [0.05, 0.1) is 10.7 Å². The van der Waals surface area contributed by atoms with E-state index in [0.29, 0.717) is 22.0 Å². The molecule has 94 valence electrons. The minimum Gasteiger partial charge on any atom is -0.289 e. The Kier molecular flexibility index (Phi) is 3.96. The molecule has 0 saturated heterocycles. The maximum Gasteiger partial charge on any atom is 0.277 e. The maximum atomic E-state index is 11.5. The van der Waals surface area contributed by atoms with E-state index in [0.717, 1.165) is 10.6 Å². The fourth-order valence-electron chi connectivity index (χ4n) is 1.58. The third-order valence-electron chi connectivity index (χ3n) is 2.45. The van der Waals surface area contributed by atoms with Gasteiger partial charge in [0.1, 0.15) is 4.88 Å². The van der Waals surface area contributed by atoms with Crippen LogP contribution in [0.25, 0.3) is 0 Å². The summed E-state index contributed by atoms with van der Waals surface area (Å²) >= 11 is 7.18. The molecule has 6 heteroatoms. The first-order chi connectivity index (χ1) is 8.60. The van der Waals surface area contributed by atoms with E-state index in [9.17, 15) is 4.79 Å². The van der Waals surface area contributed by atoms with E-state index in [4.69, 9.17) is 17.4 Å². The fourth-order valence-corrected chi connectivity index (χ4v) is 2.71. The van der Waals surface area contributed by atoms with Crippen molar-refractivity contribution in [3.05, 3.63) is 50.4 Å². The molecule has 0 aliphatic heterocycles. The second-order valence-electron chi connectivity index (χ2n) is 3.80. The lowest BCUT2D eigenvalue weighted by Gasteiger charge is -1.97. The number of halogens is 1. The summed E-state index contributed by atoms with van der Waals surface area (Å²) < 4.78 is 0. The van der Waals surface area contributed by atoms with E-state index in [-0.39, 0.29) is 5.91 Å². The monoisotopic (exact) mass is 281 g/mol. The number of carbonyl (C=O) groups excluding carboxylic acids is 1. The number of amides is 1. The number of benzene rings is 1. The smallest absolute Gasteiger partial charge is 0.277 e. The molecule has 0 aliphatic carbocycles. The van der Waals surface area contributed by atoms with Gasteiger partial charge in [-0.3, -0.25) is 10.2 Å². The summed E-state index contributed by atoms with van der Waals surface area (Å²) in [5.41, 5.74) is 3.93. The predicted octanol–water partition coefficient (Wildman–Crippen LogP) is 2.30. The second-order valence-corrected chi connectivity index (χ2v) is 5.32. The van der Waals surface area contributed by atoms with Gasteiger partial charge in [0, 0.05) is 11.4 Å². The standard InChI is InChI=1S/C12H12ClN3OS/c1-7-11(12(17)16-14)18-10(15-7)6-8-2-4-9(13)5-3-8/h2-5H,6,14H2,1H3,(H,16,17). The first kappa shape index (κ1) is 13.0. The van der Waals surface area contributed by atoms with Crippen molar-refractivity contribution in [2.75, 3.05) is 0 Å². The van der Waals surface area contributed by atoms with Gasteiger partial charge in [0.15, 0.2) is 0 Å². The van der Waals surface area contributed by atoms with Crippen molar-refractivity contribution in [1.82, 2.24) is 10.4 Å². The number of aromatic nitrogens is 1. The van der Waals surface area contributed by atoms with Crippen molar-refractivity contribution < 1.29 is 4.79 Å². The summed E-state index contributed by atoms with van der Waals surface area (Å²) in [5.74, 6) is 4.82. The van der Waals surface area contributed by atoms with Crippen LogP contribution in [0.15, 0.2) is 24.3 Å². The number of hydrogen-bond acceptors (Lipinski definition) is 4. The van der Waals surface area contributed by atoms with Gasteiger partial charge >= 0.3 is 0 Å². The summed E-state index contributed by atoms with van der Waals surface area (Å²) in [6, 6.07) is 7.57. The molecule has 0 bridgehead atoms. The van der Waals surface area contributed by atoms with Crippen LogP contribution in [0.1, 0.15) is 25.9 Å². The highest BCUT2D eigenvalue weighted by Crippen LogP contribution is 2.21. The molecular formula is C12H12ClN3OS. The average Bonchev–Trinajstić information content (AvgIpc) is 2.72. The quantitative estimate of drug-likeness (QED) is 0.515. The Bertz CT molecular complexity index is 565. The molecule has 4 nitrogen and oxygen atoms in total. The largest absolute Gasteiger partial charge is 0.289 e.